The van der Waals surface area contributed by atoms with Crippen LogP contribution in [-0.2, 0) is 0 Å². The van der Waals surface area contributed by atoms with E-state index >= 15 is 0 Å². The third-order valence-electron chi connectivity index (χ3n) is 3.12. The minimum atomic E-state index is -0.115. The minimum Gasteiger partial charge on any atom is -0.324 e. The third-order valence-corrected chi connectivity index (χ3v) is 3.12. The van der Waals surface area contributed by atoms with Crippen molar-refractivity contribution in [3.8, 4) is 0 Å². The van der Waals surface area contributed by atoms with Gasteiger partial charge < -0.3 is 10.7 Å². The standard InChI is InChI=1S/C16H19N3O/c1-10-6-11(2)8-14(7-10)18-16(20)15-5-4-13(19-17)9-12(15)3/h4-9,19H,17H2,1-3H3,(H,18,20). The van der Waals surface area contributed by atoms with E-state index in [0.29, 0.717) is 5.56 Å². The zero-order valence-electron chi connectivity index (χ0n) is 11.9. The monoisotopic (exact) mass is 269 g/mol. The van der Waals surface area contributed by atoms with Crippen molar-refractivity contribution in [2.45, 2.75) is 20.8 Å². The van der Waals surface area contributed by atoms with Gasteiger partial charge >= 0.3 is 0 Å². The summed E-state index contributed by atoms with van der Waals surface area (Å²) in [6.45, 7) is 5.91. The molecule has 0 saturated carbocycles. The zero-order valence-corrected chi connectivity index (χ0v) is 11.9. The summed E-state index contributed by atoms with van der Waals surface area (Å²) >= 11 is 0. The van der Waals surface area contributed by atoms with E-state index in [-0.39, 0.29) is 5.91 Å². The number of hydrogen-bond donors (Lipinski definition) is 3. The number of rotatable bonds is 3. The van der Waals surface area contributed by atoms with Crippen LogP contribution in [0.1, 0.15) is 27.0 Å². The molecule has 20 heavy (non-hydrogen) atoms. The van der Waals surface area contributed by atoms with Gasteiger partial charge in [-0.2, -0.15) is 0 Å². The molecular formula is C16H19N3O. The van der Waals surface area contributed by atoms with Crippen LogP contribution in [0.2, 0.25) is 0 Å². The van der Waals surface area contributed by atoms with Gasteiger partial charge in [-0.15, -0.1) is 0 Å². The second-order valence-corrected chi connectivity index (χ2v) is 5.00. The van der Waals surface area contributed by atoms with Crippen LogP contribution in [0.4, 0.5) is 11.4 Å². The first-order valence-corrected chi connectivity index (χ1v) is 6.46. The van der Waals surface area contributed by atoms with Crippen LogP contribution >= 0.6 is 0 Å². The quantitative estimate of drug-likeness (QED) is 0.592. The molecular weight excluding hydrogens is 250 g/mol. The molecule has 4 N–H and O–H groups in total. The maximum Gasteiger partial charge on any atom is 0.255 e. The van der Waals surface area contributed by atoms with Gasteiger partial charge in [0.2, 0.25) is 0 Å². The average Bonchev–Trinajstić information content (AvgIpc) is 2.36. The van der Waals surface area contributed by atoms with E-state index in [1.165, 1.54) is 0 Å². The molecule has 0 bridgehead atoms. The van der Waals surface area contributed by atoms with E-state index in [2.05, 4.69) is 16.8 Å². The highest BCUT2D eigenvalue weighted by molar-refractivity contribution is 6.05. The lowest BCUT2D eigenvalue weighted by Gasteiger charge is -2.10. The van der Waals surface area contributed by atoms with Crippen molar-refractivity contribution in [3.63, 3.8) is 0 Å². The van der Waals surface area contributed by atoms with Crippen molar-refractivity contribution in [2.75, 3.05) is 10.7 Å². The predicted octanol–water partition coefficient (Wildman–Crippen LogP) is 3.15. The number of hydrazine groups is 1. The molecule has 0 aliphatic heterocycles. The van der Waals surface area contributed by atoms with Crippen molar-refractivity contribution in [1.29, 1.82) is 0 Å². The number of carbonyl (C=O) groups is 1. The number of benzene rings is 2. The number of nitrogen functional groups attached to an aromatic ring is 1. The normalized spacial score (nSPS) is 10.2. The van der Waals surface area contributed by atoms with Crippen molar-refractivity contribution in [3.05, 3.63) is 58.7 Å². The Balaban J connectivity index is 2.23. The van der Waals surface area contributed by atoms with Gasteiger partial charge in [-0.25, -0.2) is 0 Å². The Labute approximate surface area is 119 Å². The van der Waals surface area contributed by atoms with Crippen molar-refractivity contribution in [2.24, 2.45) is 5.84 Å². The number of nitrogens with one attached hydrogen (secondary N) is 2. The second kappa shape index (κ2) is 5.75. The van der Waals surface area contributed by atoms with Crippen LogP contribution in [-0.4, -0.2) is 5.91 Å². The molecule has 0 aliphatic carbocycles. The molecule has 0 aliphatic rings. The minimum absolute atomic E-state index is 0.115. The SMILES string of the molecule is Cc1cc(C)cc(NC(=O)c2ccc(NN)cc2C)c1. The molecule has 0 unspecified atom stereocenters. The summed E-state index contributed by atoms with van der Waals surface area (Å²) in [6.07, 6.45) is 0. The fourth-order valence-corrected chi connectivity index (χ4v) is 2.25. The van der Waals surface area contributed by atoms with Crippen molar-refractivity contribution < 1.29 is 4.79 Å². The molecule has 4 nitrogen and oxygen atoms in total. The van der Waals surface area contributed by atoms with Crippen LogP contribution in [0.5, 0.6) is 0 Å². The summed E-state index contributed by atoms with van der Waals surface area (Å²) in [6, 6.07) is 11.4. The summed E-state index contributed by atoms with van der Waals surface area (Å²) in [5, 5.41) is 2.93. The summed E-state index contributed by atoms with van der Waals surface area (Å²) in [7, 11) is 0. The highest BCUT2D eigenvalue weighted by Crippen LogP contribution is 2.18. The Morgan fingerprint density at radius 1 is 0.950 bits per heavy atom. The van der Waals surface area contributed by atoms with Gasteiger partial charge in [0, 0.05) is 16.9 Å². The number of amides is 1. The Morgan fingerprint density at radius 2 is 1.60 bits per heavy atom. The number of anilines is 2. The Morgan fingerprint density at radius 3 is 2.15 bits per heavy atom. The molecule has 0 aromatic heterocycles. The first-order chi connectivity index (χ1) is 9.49. The van der Waals surface area contributed by atoms with Gasteiger partial charge in [0.25, 0.3) is 5.91 Å². The molecule has 0 atom stereocenters. The summed E-state index contributed by atoms with van der Waals surface area (Å²) < 4.78 is 0. The van der Waals surface area contributed by atoms with Gasteiger partial charge in [0.1, 0.15) is 0 Å². The average molecular weight is 269 g/mol. The van der Waals surface area contributed by atoms with Crippen molar-refractivity contribution in [1.82, 2.24) is 0 Å². The lowest BCUT2D eigenvalue weighted by atomic mass is 10.1. The maximum absolute atomic E-state index is 12.3. The molecule has 0 heterocycles. The van der Waals surface area contributed by atoms with E-state index in [4.69, 9.17) is 5.84 Å². The molecule has 1 amide bonds. The molecule has 2 aromatic rings. The molecule has 2 aromatic carbocycles. The van der Waals surface area contributed by atoms with E-state index < -0.39 is 0 Å². The van der Waals surface area contributed by atoms with Crippen LogP contribution in [0.15, 0.2) is 36.4 Å². The van der Waals surface area contributed by atoms with Gasteiger partial charge in [-0.1, -0.05) is 6.07 Å². The largest absolute Gasteiger partial charge is 0.324 e. The third kappa shape index (κ3) is 3.16. The summed E-state index contributed by atoms with van der Waals surface area (Å²) in [5.74, 6) is 5.24. The molecule has 0 fully saturated rings. The predicted molar refractivity (Wildman–Crippen MR) is 82.9 cm³/mol. The van der Waals surface area contributed by atoms with Crippen LogP contribution < -0.4 is 16.6 Å². The number of hydrogen-bond acceptors (Lipinski definition) is 3. The molecule has 0 spiro atoms. The number of carbonyl (C=O) groups excluding carboxylic acids is 1. The zero-order chi connectivity index (χ0) is 14.7. The highest BCUT2D eigenvalue weighted by Gasteiger charge is 2.10. The Kier molecular flexibility index (Phi) is 4.05. The van der Waals surface area contributed by atoms with E-state index in [0.717, 1.165) is 28.1 Å². The maximum atomic E-state index is 12.3. The van der Waals surface area contributed by atoms with Gasteiger partial charge in [-0.3, -0.25) is 10.6 Å². The topological polar surface area (TPSA) is 67.2 Å². The van der Waals surface area contributed by atoms with E-state index in [9.17, 15) is 4.79 Å². The van der Waals surface area contributed by atoms with Crippen LogP contribution in [0.3, 0.4) is 0 Å². The molecule has 4 heteroatoms. The molecule has 0 radical (unpaired) electrons. The van der Waals surface area contributed by atoms with Gasteiger partial charge in [-0.05, 0) is 67.8 Å². The molecule has 0 saturated heterocycles. The highest BCUT2D eigenvalue weighted by atomic mass is 16.1. The van der Waals surface area contributed by atoms with Crippen molar-refractivity contribution >= 4 is 17.3 Å². The smallest absolute Gasteiger partial charge is 0.255 e. The number of nitrogens with two attached hydrogens (primary N) is 1. The first kappa shape index (κ1) is 14.1. The van der Waals surface area contributed by atoms with Gasteiger partial charge in [0.15, 0.2) is 0 Å². The fourth-order valence-electron chi connectivity index (χ4n) is 2.25. The van der Waals surface area contributed by atoms with Crippen LogP contribution in [0.25, 0.3) is 0 Å². The Hall–Kier alpha value is -2.33. The Bertz CT molecular complexity index is 630. The fraction of sp³-hybridized carbons (Fsp3) is 0.188. The summed E-state index contributed by atoms with van der Waals surface area (Å²) in [4.78, 5) is 12.3. The van der Waals surface area contributed by atoms with Gasteiger partial charge in [0.05, 0.1) is 0 Å². The molecule has 2 rings (SSSR count). The van der Waals surface area contributed by atoms with E-state index in [1.54, 1.807) is 12.1 Å². The lowest BCUT2D eigenvalue weighted by Crippen LogP contribution is -2.14. The second-order valence-electron chi connectivity index (χ2n) is 5.00. The van der Waals surface area contributed by atoms with Crippen LogP contribution in [0, 0.1) is 20.8 Å². The number of aryl methyl sites for hydroxylation is 3. The molecule has 104 valence electrons. The van der Waals surface area contributed by atoms with E-state index in [1.807, 2.05) is 39.0 Å². The lowest BCUT2D eigenvalue weighted by molar-refractivity contribution is 0.102. The first-order valence-electron chi connectivity index (χ1n) is 6.46. The summed E-state index contributed by atoms with van der Waals surface area (Å²) in [5.41, 5.74) is 7.93.